The van der Waals surface area contributed by atoms with Gasteiger partial charge in [-0.25, -0.2) is 4.98 Å². The first-order valence-electron chi connectivity index (χ1n) is 7.21. The Bertz CT molecular complexity index is 660. The molecule has 0 saturated heterocycles. The molecule has 1 atom stereocenters. The summed E-state index contributed by atoms with van der Waals surface area (Å²) in [5, 5.41) is 12.1. The Morgan fingerprint density at radius 3 is 2.90 bits per heavy atom. The topological polar surface area (TPSA) is 83.6 Å². The number of hydrogen-bond acceptors (Lipinski definition) is 5. The normalized spacial score (nSPS) is 17.8. The number of aromatic nitrogens is 4. The number of aryl methyl sites for hydroxylation is 2. The second-order valence-corrected chi connectivity index (χ2v) is 6.94. The van der Waals surface area contributed by atoms with Crippen molar-refractivity contribution in [1.29, 1.82) is 0 Å². The summed E-state index contributed by atoms with van der Waals surface area (Å²) < 4.78 is 0. The summed E-state index contributed by atoms with van der Waals surface area (Å²) >= 11 is 1.40. The fourth-order valence-electron chi connectivity index (χ4n) is 2.55. The van der Waals surface area contributed by atoms with Crippen LogP contribution < -0.4 is 5.32 Å². The Balaban J connectivity index is 1.69. The highest BCUT2D eigenvalue weighted by Crippen LogP contribution is 2.27. The Kier molecular flexibility index (Phi) is 3.75. The van der Waals surface area contributed by atoms with Crippen molar-refractivity contribution in [2.24, 2.45) is 5.92 Å². The molecular formula is C14H19N5OS. The second kappa shape index (κ2) is 5.55. The van der Waals surface area contributed by atoms with Gasteiger partial charge < -0.3 is 10.3 Å². The van der Waals surface area contributed by atoms with E-state index < -0.39 is 0 Å². The molecule has 2 heterocycles. The summed E-state index contributed by atoms with van der Waals surface area (Å²) in [6.45, 7) is 6.11. The van der Waals surface area contributed by atoms with E-state index in [9.17, 15) is 4.79 Å². The van der Waals surface area contributed by atoms with E-state index in [1.807, 2.05) is 6.92 Å². The van der Waals surface area contributed by atoms with Gasteiger partial charge in [-0.15, -0.1) is 10.2 Å². The van der Waals surface area contributed by atoms with Crippen LogP contribution in [0.25, 0.3) is 0 Å². The number of hydrogen-bond donors (Lipinski definition) is 2. The maximum Gasteiger partial charge on any atom is 0.229 e. The number of rotatable bonds is 3. The monoisotopic (exact) mass is 305 g/mol. The molecule has 0 aromatic carbocycles. The van der Waals surface area contributed by atoms with Gasteiger partial charge in [0.1, 0.15) is 10.8 Å². The predicted octanol–water partition coefficient (Wildman–Crippen LogP) is 2.44. The maximum atomic E-state index is 12.3. The van der Waals surface area contributed by atoms with E-state index in [0.29, 0.717) is 11.0 Å². The number of nitrogens with zero attached hydrogens (tertiary/aromatic N) is 3. The van der Waals surface area contributed by atoms with E-state index in [-0.39, 0.29) is 11.8 Å². The molecule has 2 N–H and O–H groups in total. The van der Waals surface area contributed by atoms with Gasteiger partial charge in [-0.3, -0.25) is 4.79 Å². The number of nitrogens with one attached hydrogen (secondary N) is 2. The molecule has 0 spiro atoms. The van der Waals surface area contributed by atoms with Gasteiger partial charge in [0.05, 0.1) is 5.69 Å². The Morgan fingerprint density at radius 2 is 2.24 bits per heavy atom. The summed E-state index contributed by atoms with van der Waals surface area (Å²) in [6.07, 6.45) is 2.41. The van der Waals surface area contributed by atoms with Crippen LogP contribution in [0.2, 0.25) is 0 Å². The molecular weight excluding hydrogens is 286 g/mol. The van der Waals surface area contributed by atoms with Crippen LogP contribution in [-0.4, -0.2) is 26.1 Å². The molecule has 1 amide bonds. The number of fused-ring (bicyclic) bond motifs is 1. The average molecular weight is 305 g/mol. The number of aromatic amines is 1. The van der Waals surface area contributed by atoms with Crippen LogP contribution in [0.4, 0.5) is 5.13 Å². The molecule has 1 aliphatic carbocycles. The summed E-state index contributed by atoms with van der Waals surface area (Å²) in [5.41, 5.74) is 2.23. The molecule has 0 fully saturated rings. The zero-order chi connectivity index (χ0) is 15.0. The molecule has 2 aromatic heterocycles. The highest BCUT2D eigenvalue weighted by Gasteiger charge is 2.28. The summed E-state index contributed by atoms with van der Waals surface area (Å²) in [5.74, 6) is 1.40. The van der Waals surface area contributed by atoms with Gasteiger partial charge in [0.25, 0.3) is 0 Å². The van der Waals surface area contributed by atoms with Crippen molar-refractivity contribution < 1.29 is 4.79 Å². The number of carbonyl (C=O) groups excluding carboxylic acids is 1. The lowest BCUT2D eigenvalue weighted by atomic mass is 9.89. The zero-order valence-corrected chi connectivity index (χ0v) is 13.3. The van der Waals surface area contributed by atoms with Crippen LogP contribution in [0.3, 0.4) is 0 Å². The first kappa shape index (κ1) is 14.2. The van der Waals surface area contributed by atoms with Crippen LogP contribution in [0.15, 0.2) is 0 Å². The average Bonchev–Trinajstić information content (AvgIpc) is 3.03. The largest absolute Gasteiger partial charge is 0.345 e. The van der Waals surface area contributed by atoms with Gasteiger partial charge in [-0.2, -0.15) is 0 Å². The number of anilines is 1. The molecule has 0 saturated carbocycles. The Labute approximate surface area is 127 Å². The highest BCUT2D eigenvalue weighted by atomic mass is 32.1. The van der Waals surface area contributed by atoms with E-state index in [1.165, 1.54) is 11.3 Å². The standard InChI is InChI=1S/C14H19N5OS/c1-7(2)12-15-10-5-4-9(6-11(10)16-12)13(20)17-14-19-18-8(3)21-14/h7,9H,4-6H2,1-3H3,(H,15,16)(H,17,19,20)/t9-/m1/s1. The molecule has 0 unspecified atom stereocenters. The molecule has 2 aromatic rings. The van der Waals surface area contributed by atoms with Gasteiger partial charge in [0, 0.05) is 24.0 Å². The molecule has 6 nitrogen and oxygen atoms in total. The SMILES string of the molecule is Cc1nnc(NC(=O)[C@@H]2CCc3nc(C(C)C)[nH]c3C2)s1. The minimum Gasteiger partial charge on any atom is -0.345 e. The van der Waals surface area contributed by atoms with Crippen molar-refractivity contribution >= 4 is 22.4 Å². The minimum atomic E-state index is -0.0258. The third-order valence-electron chi connectivity index (χ3n) is 3.74. The van der Waals surface area contributed by atoms with Crippen molar-refractivity contribution in [2.45, 2.75) is 46.0 Å². The lowest BCUT2D eigenvalue weighted by Crippen LogP contribution is -2.28. The van der Waals surface area contributed by atoms with Gasteiger partial charge in [0.2, 0.25) is 11.0 Å². The molecule has 7 heteroatoms. The van der Waals surface area contributed by atoms with Crippen LogP contribution in [0.5, 0.6) is 0 Å². The van der Waals surface area contributed by atoms with Gasteiger partial charge in [-0.1, -0.05) is 25.2 Å². The third-order valence-corrected chi connectivity index (χ3v) is 4.49. The fourth-order valence-corrected chi connectivity index (χ4v) is 3.15. The van der Waals surface area contributed by atoms with Crippen LogP contribution in [0.1, 0.15) is 48.4 Å². The first-order valence-corrected chi connectivity index (χ1v) is 8.03. The van der Waals surface area contributed by atoms with Gasteiger partial charge in [-0.05, 0) is 19.8 Å². The van der Waals surface area contributed by atoms with E-state index in [2.05, 4.69) is 39.3 Å². The molecule has 1 aliphatic rings. The van der Waals surface area contributed by atoms with Crippen molar-refractivity contribution in [2.75, 3.05) is 5.32 Å². The van der Waals surface area contributed by atoms with Crippen LogP contribution in [0, 0.1) is 12.8 Å². The lowest BCUT2D eigenvalue weighted by Gasteiger charge is -2.19. The van der Waals surface area contributed by atoms with E-state index >= 15 is 0 Å². The summed E-state index contributed by atoms with van der Waals surface area (Å²) in [7, 11) is 0. The van der Waals surface area contributed by atoms with E-state index in [4.69, 9.17) is 0 Å². The minimum absolute atomic E-state index is 0.0255. The Morgan fingerprint density at radius 1 is 1.43 bits per heavy atom. The molecule has 0 bridgehead atoms. The number of imidazole rings is 1. The van der Waals surface area contributed by atoms with Crippen LogP contribution in [-0.2, 0) is 17.6 Å². The molecule has 0 radical (unpaired) electrons. The predicted molar refractivity (Wildman–Crippen MR) is 81.5 cm³/mol. The lowest BCUT2D eigenvalue weighted by molar-refractivity contribution is -0.120. The summed E-state index contributed by atoms with van der Waals surface area (Å²) in [4.78, 5) is 20.3. The zero-order valence-electron chi connectivity index (χ0n) is 12.4. The second-order valence-electron chi connectivity index (χ2n) is 5.76. The van der Waals surface area contributed by atoms with Gasteiger partial charge >= 0.3 is 0 Å². The van der Waals surface area contributed by atoms with E-state index in [1.54, 1.807) is 0 Å². The van der Waals surface area contributed by atoms with Crippen molar-refractivity contribution in [1.82, 2.24) is 20.2 Å². The number of H-pyrrole nitrogens is 1. The number of amides is 1. The maximum absolute atomic E-state index is 12.3. The molecule has 21 heavy (non-hydrogen) atoms. The van der Waals surface area contributed by atoms with Gasteiger partial charge in [0.15, 0.2) is 0 Å². The molecule has 0 aliphatic heterocycles. The number of carbonyl (C=O) groups is 1. The smallest absolute Gasteiger partial charge is 0.229 e. The van der Waals surface area contributed by atoms with Crippen LogP contribution >= 0.6 is 11.3 Å². The van der Waals surface area contributed by atoms with Crippen molar-refractivity contribution in [3.8, 4) is 0 Å². The Hall–Kier alpha value is -1.76. The molecule has 112 valence electrons. The van der Waals surface area contributed by atoms with E-state index in [0.717, 1.165) is 41.5 Å². The van der Waals surface area contributed by atoms with Crippen molar-refractivity contribution in [3.63, 3.8) is 0 Å². The highest BCUT2D eigenvalue weighted by molar-refractivity contribution is 7.15. The summed E-state index contributed by atoms with van der Waals surface area (Å²) in [6, 6.07) is 0. The first-order chi connectivity index (χ1) is 10.0. The fraction of sp³-hybridized carbons (Fsp3) is 0.571. The molecule has 3 rings (SSSR count). The third kappa shape index (κ3) is 2.97. The quantitative estimate of drug-likeness (QED) is 0.912. The van der Waals surface area contributed by atoms with Crippen molar-refractivity contribution in [3.05, 3.63) is 22.2 Å².